The summed E-state index contributed by atoms with van der Waals surface area (Å²) in [6.45, 7) is 0.764. The SMILES string of the molecule is O=S1(=O)CC[C@@H](NCCc2cscn2)c2cc(Cl)ccc21. The van der Waals surface area contributed by atoms with E-state index in [1.54, 1.807) is 29.5 Å². The number of thiazole rings is 1. The van der Waals surface area contributed by atoms with Gasteiger partial charge in [-0.1, -0.05) is 11.6 Å². The Morgan fingerprint density at radius 1 is 1.43 bits per heavy atom. The van der Waals surface area contributed by atoms with Crippen LogP contribution in [0.15, 0.2) is 34.0 Å². The van der Waals surface area contributed by atoms with Crippen molar-refractivity contribution < 1.29 is 8.42 Å². The first-order chi connectivity index (χ1) is 10.1. The Hall–Kier alpha value is -0.950. The summed E-state index contributed by atoms with van der Waals surface area (Å²) in [4.78, 5) is 4.65. The van der Waals surface area contributed by atoms with Gasteiger partial charge in [-0.15, -0.1) is 11.3 Å². The molecule has 0 spiro atoms. The molecule has 3 rings (SSSR count). The van der Waals surface area contributed by atoms with Gasteiger partial charge in [-0.25, -0.2) is 13.4 Å². The molecule has 0 aliphatic carbocycles. The van der Waals surface area contributed by atoms with Crippen molar-refractivity contribution >= 4 is 32.8 Å². The fourth-order valence-corrected chi connectivity index (χ4v) is 4.94. The Morgan fingerprint density at radius 3 is 3.05 bits per heavy atom. The number of fused-ring (bicyclic) bond motifs is 1. The number of hydrogen-bond donors (Lipinski definition) is 1. The Labute approximate surface area is 133 Å². The van der Waals surface area contributed by atoms with Crippen LogP contribution in [0.3, 0.4) is 0 Å². The van der Waals surface area contributed by atoms with Gasteiger partial charge in [0.2, 0.25) is 0 Å². The van der Waals surface area contributed by atoms with Gasteiger partial charge in [0.25, 0.3) is 0 Å². The standard InChI is InChI=1S/C14H15ClN2O2S2/c15-10-1-2-14-12(7-10)13(4-6-21(14,18)19)16-5-3-11-8-20-9-17-11/h1-2,7-9,13,16H,3-6H2/t13-/m1/s1. The lowest BCUT2D eigenvalue weighted by Gasteiger charge is -2.26. The second-order valence-corrected chi connectivity index (χ2v) is 8.26. The Balaban J connectivity index is 1.76. The van der Waals surface area contributed by atoms with Crippen LogP contribution >= 0.6 is 22.9 Å². The molecule has 1 atom stereocenters. The van der Waals surface area contributed by atoms with Gasteiger partial charge in [-0.05, 0) is 30.2 Å². The van der Waals surface area contributed by atoms with Crippen LogP contribution in [0, 0.1) is 0 Å². The molecule has 1 aromatic heterocycles. The number of benzene rings is 1. The first-order valence-electron chi connectivity index (χ1n) is 6.69. The quantitative estimate of drug-likeness (QED) is 0.928. The van der Waals surface area contributed by atoms with E-state index in [1.807, 2.05) is 10.9 Å². The molecule has 7 heteroatoms. The highest BCUT2D eigenvalue weighted by atomic mass is 35.5. The molecule has 1 aliphatic rings. The molecular formula is C14H15ClN2O2S2. The zero-order chi connectivity index (χ0) is 14.9. The van der Waals surface area contributed by atoms with E-state index in [0.29, 0.717) is 16.3 Å². The van der Waals surface area contributed by atoms with E-state index in [4.69, 9.17) is 11.6 Å². The van der Waals surface area contributed by atoms with Gasteiger partial charge < -0.3 is 5.32 Å². The average Bonchev–Trinajstić information content (AvgIpc) is 2.94. The van der Waals surface area contributed by atoms with Crippen LogP contribution in [-0.2, 0) is 16.3 Å². The maximum atomic E-state index is 12.1. The maximum Gasteiger partial charge on any atom is 0.178 e. The van der Waals surface area contributed by atoms with Crippen molar-refractivity contribution in [1.29, 1.82) is 0 Å². The fraction of sp³-hybridized carbons (Fsp3) is 0.357. The Kier molecular flexibility index (Phi) is 4.31. The number of nitrogens with one attached hydrogen (secondary N) is 1. The number of rotatable bonds is 4. The van der Waals surface area contributed by atoms with Crippen molar-refractivity contribution in [2.75, 3.05) is 12.3 Å². The maximum absolute atomic E-state index is 12.1. The van der Waals surface area contributed by atoms with Crippen LogP contribution in [0.25, 0.3) is 0 Å². The van der Waals surface area contributed by atoms with Crippen LogP contribution in [0.2, 0.25) is 5.02 Å². The van der Waals surface area contributed by atoms with Crippen molar-refractivity contribution in [3.63, 3.8) is 0 Å². The van der Waals surface area contributed by atoms with E-state index in [9.17, 15) is 8.42 Å². The van der Waals surface area contributed by atoms with Gasteiger partial charge in [-0.2, -0.15) is 0 Å². The van der Waals surface area contributed by atoms with Gasteiger partial charge in [0, 0.05) is 29.4 Å². The van der Waals surface area contributed by atoms with Crippen molar-refractivity contribution in [2.24, 2.45) is 0 Å². The molecule has 1 aliphatic heterocycles. The molecule has 21 heavy (non-hydrogen) atoms. The van der Waals surface area contributed by atoms with Crippen LogP contribution in [0.5, 0.6) is 0 Å². The first-order valence-corrected chi connectivity index (χ1v) is 9.66. The molecule has 2 aromatic rings. The number of halogens is 1. The predicted octanol–water partition coefficient (Wildman–Crippen LogP) is 2.85. The highest BCUT2D eigenvalue weighted by Crippen LogP contribution is 2.33. The summed E-state index contributed by atoms with van der Waals surface area (Å²) in [5.41, 5.74) is 3.66. The average molecular weight is 343 g/mol. The summed E-state index contributed by atoms with van der Waals surface area (Å²) in [5, 5.41) is 6.02. The largest absolute Gasteiger partial charge is 0.309 e. The van der Waals surface area contributed by atoms with E-state index in [0.717, 1.165) is 24.2 Å². The fourth-order valence-electron chi connectivity index (χ4n) is 2.56. The Bertz CT molecular complexity index is 729. The molecule has 0 fully saturated rings. The zero-order valence-corrected chi connectivity index (χ0v) is 13.6. The summed E-state index contributed by atoms with van der Waals surface area (Å²) in [6.07, 6.45) is 1.41. The van der Waals surface area contributed by atoms with E-state index >= 15 is 0 Å². The lowest BCUT2D eigenvalue weighted by molar-refractivity contribution is 0.494. The molecule has 1 N–H and O–H groups in total. The zero-order valence-electron chi connectivity index (χ0n) is 11.3. The third-order valence-electron chi connectivity index (χ3n) is 3.61. The normalized spacial score (nSPS) is 20.1. The highest BCUT2D eigenvalue weighted by molar-refractivity contribution is 7.91. The topological polar surface area (TPSA) is 59.1 Å². The third-order valence-corrected chi connectivity index (χ3v) is 6.30. The summed E-state index contributed by atoms with van der Waals surface area (Å²) >= 11 is 7.60. The van der Waals surface area contributed by atoms with Crippen LogP contribution in [0.1, 0.15) is 23.7 Å². The van der Waals surface area contributed by atoms with Crippen molar-refractivity contribution in [3.8, 4) is 0 Å². The first kappa shape index (κ1) is 15.0. The summed E-state index contributed by atoms with van der Waals surface area (Å²) in [5.74, 6) is 0.177. The number of hydrogen-bond acceptors (Lipinski definition) is 5. The van der Waals surface area contributed by atoms with Gasteiger partial charge in [0.1, 0.15) is 0 Å². The minimum absolute atomic E-state index is 0.0286. The Morgan fingerprint density at radius 2 is 2.29 bits per heavy atom. The molecular weight excluding hydrogens is 328 g/mol. The molecule has 0 saturated carbocycles. The van der Waals surface area contributed by atoms with Gasteiger partial charge in [0.05, 0.1) is 21.9 Å². The monoisotopic (exact) mass is 342 g/mol. The number of sulfone groups is 1. The van der Waals surface area contributed by atoms with Crippen molar-refractivity contribution in [1.82, 2.24) is 10.3 Å². The van der Waals surface area contributed by atoms with Crippen LogP contribution in [0.4, 0.5) is 0 Å². The van der Waals surface area contributed by atoms with Crippen LogP contribution in [-0.4, -0.2) is 25.7 Å². The molecule has 0 amide bonds. The molecule has 2 heterocycles. The molecule has 0 saturated heterocycles. The minimum Gasteiger partial charge on any atom is -0.309 e. The summed E-state index contributed by atoms with van der Waals surface area (Å²) in [6, 6.07) is 5.03. The van der Waals surface area contributed by atoms with Gasteiger partial charge in [0.15, 0.2) is 9.84 Å². The van der Waals surface area contributed by atoms with E-state index < -0.39 is 9.84 Å². The minimum atomic E-state index is -3.17. The second-order valence-electron chi connectivity index (χ2n) is 5.03. The number of nitrogens with zero attached hydrogens (tertiary/aromatic N) is 1. The van der Waals surface area contributed by atoms with Gasteiger partial charge >= 0.3 is 0 Å². The second kappa shape index (κ2) is 6.04. The number of aromatic nitrogens is 1. The van der Waals surface area contributed by atoms with Crippen molar-refractivity contribution in [2.45, 2.75) is 23.8 Å². The van der Waals surface area contributed by atoms with Crippen molar-refractivity contribution in [3.05, 3.63) is 45.4 Å². The molecule has 0 bridgehead atoms. The van der Waals surface area contributed by atoms with E-state index in [1.165, 1.54) is 0 Å². The molecule has 0 unspecified atom stereocenters. The lowest BCUT2D eigenvalue weighted by Crippen LogP contribution is -2.31. The predicted molar refractivity (Wildman–Crippen MR) is 84.7 cm³/mol. The highest BCUT2D eigenvalue weighted by Gasteiger charge is 2.30. The lowest BCUT2D eigenvalue weighted by atomic mass is 10.0. The summed E-state index contributed by atoms with van der Waals surface area (Å²) < 4.78 is 24.2. The molecule has 0 radical (unpaired) electrons. The smallest absolute Gasteiger partial charge is 0.178 e. The molecule has 112 valence electrons. The van der Waals surface area contributed by atoms with E-state index in [-0.39, 0.29) is 11.8 Å². The van der Waals surface area contributed by atoms with Gasteiger partial charge in [-0.3, -0.25) is 0 Å². The summed E-state index contributed by atoms with van der Waals surface area (Å²) in [7, 11) is -3.17. The molecule has 4 nitrogen and oxygen atoms in total. The molecule has 1 aromatic carbocycles. The third kappa shape index (κ3) is 3.29. The van der Waals surface area contributed by atoms with E-state index in [2.05, 4.69) is 10.3 Å². The van der Waals surface area contributed by atoms with Crippen LogP contribution < -0.4 is 5.32 Å².